The summed E-state index contributed by atoms with van der Waals surface area (Å²) in [5, 5.41) is 7.10. The van der Waals surface area contributed by atoms with E-state index in [4.69, 9.17) is 9.47 Å². The molecule has 0 saturated carbocycles. The molecule has 7 heteroatoms. The molecule has 0 bridgehead atoms. The van der Waals surface area contributed by atoms with Crippen LogP contribution in [0.15, 0.2) is 4.99 Å². The second-order valence-electron chi connectivity index (χ2n) is 4.15. The van der Waals surface area contributed by atoms with Crippen LogP contribution in [0, 0.1) is 0 Å². The minimum Gasteiger partial charge on any atom is -0.382 e. The Hall–Kier alpha value is 0.270. The van der Waals surface area contributed by atoms with Crippen LogP contribution in [-0.4, -0.2) is 64.0 Å². The SMILES string of the molecule is CCNC(=NCC(C)SC)NCCCOCCOC.I. The highest BCUT2D eigenvalue weighted by Gasteiger charge is 2.00. The average Bonchev–Trinajstić information content (AvgIpc) is 2.43. The van der Waals surface area contributed by atoms with Crippen LogP contribution in [0.3, 0.4) is 0 Å². The highest BCUT2D eigenvalue weighted by Crippen LogP contribution is 2.04. The number of halogens is 1. The topological polar surface area (TPSA) is 54.9 Å². The van der Waals surface area contributed by atoms with Crippen LogP contribution in [0.2, 0.25) is 0 Å². The van der Waals surface area contributed by atoms with Crippen LogP contribution in [0.25, 0.3) is 0 Å². The van der Waals surface area contributed by atoms with Crippen molar-refractivity contribution in [1.82, 2.24) is 10.6 Å². The second kappa shape index (κ2) is 17.3. The molecule has 0 saturated heterocycles. The number of ether oxygens (including phenoxy) is 2. The lowest BCUT2D eigenvalue weighted by Gasteiger charge is -2.12. The van der Waals surface area contributed by atoms with Crippen LogP contribution in [0.1, 0.15) is 20.3 Å². The van der Waals surface area contributed by atoms with Gasteiger partial charge in [-0.05, 0) is 19.6 Å². The van der Waals surface area contributed by atoms with E-state index < -0.39 is 0 Å². The van der Waals surface area contributed by atoms with Gasteiger partial charge in [-0.1, -0.05) is 6.92 Å². The van der Waals surface area contributed by atoms with E-state index in [1.54, 1.807) is 7.11 Å². The van der Waals surface area contributed by atoms with Gasteiger partial charge in [0.2, 0.25) is 0 Å². The fourth-order valence-corrected chi connectivity index (χ4v) is 1.49. The van der Waals surface area contributed by atoms with Crippen LogP contribution >= 0.6 is 35.7 Å². The summed E-state index contributed by atoms with van der Waals surface area (Å²) in [6, 6.07) is 0. The highest BCUT2D eigenvalue weighted by atomic mass is 127. The molecule has 20 heavy (non-hydrogen) atoms. The standard InChI is InChI=1S/C13H29N3O2S.HI/c1-5-14-13(16-11-12(2)19-4)15-7-6-8-18-10-9-17-3;/h12H,5-11H2,1-4H3,(H2,14,15,16);1H. The molecule has 0 aromatic rings. The Labute approximate surface area is 145 Å². The predicted octanol–water partition coefficient (Wildman–Crippen LogP) is 1.96. The lowest BCUT2D eigenvalue weighted by atomic mass is 10.4. The normalized spacial score (nSPS) is 12.7. The summed E-state index contributed by atoms with van der Waals surface area (Å²) in [5.74, 6) is 0.889. The van der Waals surface area contributed by atoms with Gasteiger partial charge in [-0.15, -0.1) is 24.0 Å². The molecule has 0 amide bonds. The minimum atomic E-state index is 0. The predicted molar refractivity (Wildman–Crippen MR) is 99.7 cm³/mol. The van der Waals surface area contributed by atoms with Crippen molar-refractivity contribution < 1.29 is 9.47 Å². The average molecular weight is 419 g/mol. The third-order valence-electron chi connectivity index (χ3n) is 2.44. The molecular formula is C13H30IN3O2S. The number of methoxy groups -OCH3 is 1. The maximum atomic E-state index is 5.40. The van der Waals surface area contributed by atoms with Gasteiger partial charge in [0, 0.05) is 32.1 Å². The Morgan fingerprint density at radius 1 is 1.25 bits per heavy atom. The Kier molecular flexibility index (Phi) is 19.5. The minimum absolute atomic E-state index is 0. The maximum absolute atomic E-state index is 5.40. The van der Waals surface area contributed by atoms with E-state index >= 15 is 0 Å². The third kappa shape index (κ3) is 14.7. The van der Waals surface area contributed by atoms with Gasteiger partial charge >= 0.3 is 0 Å². The van der Waals surface area contributed by atoms with Gasteiger partial charge in [0.15, 0.2) is 5.96 Å². The molecule has 2 N–H and O–H groups in total. The van der Waals surface area contributed by atoms with Crippen LogP contribution in [0.5, 0.6) is 0 Å². The van der Waals surface area contributed by atoms with E-state index in [9.17, 15) is 0 Å². The molecular weight excluding hydrogens is 389 g/mol. The van der Waals surface area contributed by atoms with Gasteiger partial charge in [0.25, 0.3) is 0 Å². The van der Waals surface area contributed by atoms with Crippen LogP contribution in [0.4, 0.5) is 0 Å². The highest BCUT2D eigenvalue weighted by molar-refractivity contribution is 14.0. The van der Waals surface area contributed by atoms with E-state index in [2.05, 4.69) is 35.7 Å². The second-order valence-corrected chi connectivity index (χ2v) is 5.43. The largest absolute Gasteiger partial charge is 0.382 e. The number of guanidine groups is 1. The summed E-state index contributed by atoms with van der Waals surface area (Å²) >= 11 is 1.83. The van der Waals surface area contributed by atoms with Gasteiger partial charge in [-0.3, -0.25) is 4.99 Å². The molecule has 0 aromatic heterocycles. The first kappa shape index (κ1) is 22.5. The Balaban J connectivity index is 0. The van der Waals surface area contributed by atoms with E-state index in [-0.39, 0.29) is 24.0 Å². The van der Waals surface area contributed by atoms with Crippen LogP contribution < -0.4 is 10.6 Å². The summed E-state index contributed by atoms with van der Waals surface area (Å²) in [7, 11) is 1.68. The first-order chi connectivity index (χ1) is 9.24. The zero-order valence-electron chi connectivity index (χ0n) is 13.1. The molecule has 1 unspecified atom stereocenters. The van der Waals surface area contributed by atoms with Gasteiger partial charge in [-0.25, -0.2) is 0 Å². The summed E-state index contributed by atoms with van der Waals surface area (Å²) in [6.07, 6.45) is 3.07. The fourth-order valence-electron chi connectivity index (χ4n) is 1.26. The van der Waals surface area contributed by atoms with Crippen molar-refractivity contribution in [3.05, 3.63) is 0 Å². The molecule has 122 valence electrons. The Bertz CT molecular complexity index is 234. The number of nitrogens with one attached hydrogen (secondary N) is 2. The van der Waals surface area contributed by atoms with E-state index in [0.717, 1.165) is 38.6 Å². The summed E-state index contributed by atoms with van der Waals surface area (Å²) < 4.78 is 10.3. The summed E-state index contributed by atoms with van der Waals surface area (Å²) in [5.41, 5.74) is 0. The van der Waals surface area contributed by atoms with Crippen molar-refractivity contribution in [1.29, 1.82) is 0 Å². The number of hydrogen-bond acceptors (Lipinski definition) is 4. The molecule has 5 nitrogen and oxygen atoms in total. The molecule has 0 aromatic carbocycles. The first-order valence-corrected chi connectivity index (χ1v) is 8.15. The van der Waals surface area contributed by atoms with Gasteiger partial charge in [0.1, 0.15) is 0 Å². The number of hydrogen-bond donors (Lipinski definition) is 2. The Morgan fingerprint density at radius 2 is 2.00 bits per heavy atom. The monoisotopic (exact) mass is 419 g/mol. The van der Waals surface area contributed by atoms with Crippen molar-refractivity contribution in [2.45, 2.75) is 25.5 Å². The molecule has 0 fully saturated rings. The Morgan fingerprint density at radius 3 is 2.60 bits per heavy atom. The van der Waals surface area contributed by atoms with Gasteiger partial charge < -0.3 is 20.1 Å². The van der Waals surface area contributed by atoms with Crippen LogP contribution in [-0.2, 0) is 9.47 Å². The number of aliphatic imine (C=N–C) groups is 1. The van der Waals surface area contributed by atoms with Crippen molar-refractivity contribution in [3.8, 4) is 0 Å². The summed E-state index contributed by atoms with van der Waals surface area (Å²) in [4.78, 5) is 4.54. The molecule has 0 spiro atoms. The van der Waals surface area contributed by atoms with E-state index in [0.29, 0.717) is 18.5 Å². The smallest absolute Gasteiger partial charge is 0.191 e. The maximum Gasteiger partial charge on any atom is 0.191 e. The van der Waals surface area contributed by atoms with Gasteiger partial charge in [0.05, 0.1) is 19.8 Å². The lowest BCUT2D eigenvalue weighted by molar-refractivity contribution is 0.0698. The molecule has 0 rings (SSSR count). The number of rotatable bonds is 11. The van der Waals surface area contributed by atoms with E-state index in [1.165, 1.54) is 0 Å². The molecule has 0 aliphatic heterocycles. The van der Waals surface area contributed by atoms with Crippen molar-refractivity contribution in [2.24, 2.45) is 4.99 Å². The molecule has 0 radical (unpaired) electrons. The third-order valence-corrected chi connectivity index (χ3v) is 3.40. The zero-order chi connectivity index (χ0) is 14.3. The van der Waals surface area contributed by atoms with Crippen molar-refractivity contribution >= 4 is 41.7 Å². The molecule has 0 heterocycles. The van der Waals surface area contributed by atoms with Crippen molar-refractivity contribution in [3.63, 3.8) is 0 Å². The lowest BCUT2D eigenvalue weighted by Crippen LogP contribution is -2.38. The van der Waals surface area contributed by atoms with E-state index in [1.807, 2.05) is 11.8 Å². The molecule has 1 atom stereocenters. The number of nitrogens with zero attached hydrogens (tertiary/aromatic N) is 1. The fraction of sp³-hybridized carbons (Fsp3) is 0.923. The number of thioether (sulfide) groups is 1. The zero-order valence-corrected chi connectivity index (χ0v) is 16.3. The molecule has 0 aliphatic rings. The van der Waals surface area contributed by atoms with Gasteiger partial charge in [-0.2, -0.15) is 11.8 Å². The first-order valence-electron chi connectivity index (χ1n) is 6.86. The summed E-state index contributed by atoms with van der Waals surface area (Å²) in [6.45, 7) is 8.90. The quantitative estimate of drug-likeness (QED) is 0.232. The molecule has 0 aliphatic carbocycles. The van der Waals surface area contributed by atoms with Crippen molar-refractivity contribution in [2.75, 3.05) is 52.8 Å².